The lowest BCUT2D eigenvalue weighted by molar-refractivity contribution is -0.116. The van der Waals surface area contributed by atoms with E-state index in [0.29, 0.717) is 23.5 Å². The van der Waals surface area contributed by atoms with Crippen LogP contribution in [0.1, 0.15) is 35.2 Å². The molecule has 1 atom stereocenters. The molecule has 3 rings (SSSR count). The lowest BCUT2D eigenvalue weighted by atomic mass is 9.97. The number of anilines is 2. The maximum atomic E-state index is 13.4. The van der Waals surface area contributed by atoms with E-state index in [0.717, 1.165) is 11.6 Å². The Bertz CT molecular complexity index is 1040. The summed E-state index contributed by atoms with van der Waals surface area (Å²) in [5, 5.41) is 5.55. The molecule has 2 N–H and O–H groups in total. The van der Waals surface area contributed by atoms with E-state index in [4.69, 9.17) is 4.74 Å². The Kier molecular flexibility index (Phi) is 6.80. The minimum Gasteiger partial charge on any atom is -0.495 e. The molecule has 0 radical (unpaired) electrons. The fraction of sp³-hybridized carbons (Fsp3) is 0.167. The number of halogens is 1. The number of carbonyl (C=O) groups is 2. The standard InChI is InChI=1S/C24H23FN2O3/c1-16(17-7-4-3-5-8-17)13-23(28)26-20-11-12-22(30-2)21(15-20)27-24(29)18-9-6-10-19(25)14-18/h3-12,14-16H,13H2,1-2H3,(H,26,28)(H,27,29). The number of hydrogen-bond acceptors (Lipinski definition) is 3. The Hall–Kier alpha value is -3.67. The van der Waals surface area contributed by atoms with Gasteiger partial charge in [0.05, 0.1) is 12.8 Å². The van der Waals surface area contributed by atoms with E-state index in [9.17, 15) is 14.0 Å². The zero-order chi connectivity index (χ0) is 21.5. The van der Waals surface area contributed by atoms with Crippen LogP contribution >= 0.6 is 0 Å². The first-order valence-corrected chi connectivity index (χ1v) is 9.56. The first kappa shape index (κ1) is 21.0. The van der Waals surface area contributed by atoms with Gasteiger partial charge in [-0.25, -0.2) is 4.39 Å². The molecule has 1 unspecified atom stereocenters. The summed E-state index contributed by atoms with van der Waals surface area (Å²) in [7, 11) is 1.48. The summed E-state index contributed by atoms with van der Waals surface area (Å²) in [4.78, 5) is 24.9. The molecule has 0 aliphatic carbocycles. The Morgan fingerprint density at radius 1 is 0.967 bits per heavy atom. The first-order valence-electron chi connectivity index (χ1n) is 9.56. The van der Waals surface area contributed by atoms with E-state index in [2.05, 4.69) is 10.6 Å². The Balaban J connectivity index is 1.70. The molecular formula is C24H23FN2O3. The largest absolute Gasteiger partial charge is 0.495 e. The summed E-state index contributed by atoms with van der Waals surface area (Å²) in [6.07, 6.45) is 0.320. The number of rotatable bonds is 7. The Morgan fingerprint density at radius 3 is 2.43 bits per heavy atom. The average Bonchev–Trinajstić information content (AvgIpc) is 2.74. The van der Waals surface area contributed by atoms with Gasteiger partial charge in [0, 0.05) is 17.7 Å². The third kappa shape index (κ3) is 5.44. The third-order valence-electron chi connectivity index (χ3n) is 4.68. The number of hydrogen-bond donors (Lipinski definition) is 2. The van der Waals surface area contributed by atoms with Gasteiger partial charge in [0.15, 0.2) is 0 Å². The summed E-state index contributed by atoms with van der Waals surface area (Å²) >= 11 is 0. The highest BCUT2D eigenvalue weighted by atomic mass is 19.1. The van der Waals surface area contributed by atoms with Crippen LogP contribution in [0.5, 0.6) is 5.75 Å². The van der Waals surface area contributed by atoms with Crippen LogP contribution in [0.4, 0.5) is 15.8 Å². The van der Waals surface area contributed by atoms with Crippen molar-refractivity contribution in [3.05, 3.63) is 89.7 Å². The molecule has 0 aliphatic heterocycles. The minimum absolute atomic E-state index is 0.0663. The highest BCUT2D eigenvalue weighted by molar-refractivity contribution is 6.05. The SMILES string of the molecule is COc1ccc(NC(=O)CC(C)c2ccccc2)cc1NC(=O)c1cccc(F)c1. The van der Waals surface area contributed by atoms with Crippen molar-refractivity contribution in [1.29, 1.82) is 0 Å². The number of nitrogens with one attached hydrogen (secondary N) is 2. The molecule has 6 heteroatoms. The van der Waals surface area contributed by atoms with Crippen molar-refractivity contribution >= 4 is 23.2 Å². The van der Waals surface area contributed by atoms with E-state index in [1.807, 2.05) is 37.3 Å². The lowest BCUT2D eigenvalue weighted by Gasteiger charge is -2.15. The van der Waals surface area contributed by atoms with Crippen molar-refractivity contribution in [2.75, 3.05) is 17.7 Å². The van der Waals surface area contributed by atoms with Crippen molar-refractivity contribution < 1.29 is 18.7 Å². The monoisotopic (exact) mass is 406 g/mol. The molecule has 3 aromatic carbocycles. The number of benzene rings is 3. The Labute approximate surface area is 174 Å². The van der Waals surface area contributed by atoms with Crippen LogP contribution < -0.4 is 15.4 Å². The summed E-state index contributed by atoms with van der Waals surface area (Å²) in [6, 6.07) is 20.2. The van der Waals surface area contributed by atoms with Gasteiger partial charge in [-0.05, 0) is 47.9 Å². The first-order chi connectivity index (χ1) is 14.5. The quantitative estimate of drug-likeness (QED) is 0.565. The van der Waals surface area contributed by atoms with Gasteiger partial charge < -0.3 is 15.4 Å². The second-order valence-electron chi connectivity index (χ2n) is 6.94. The van der Waals surface area contributed by atoms with Gasteiger partial charge in [-0.2, -0.15) is 0 Å². The molecule has 0 heterocycles. The summed E-state index contributed by atoms with van der Waals surface area (Å²) in [6.45, 7) is 1.99. The lowest BCUT2D eigenvalue weighted by Crippen LogP contribution is -2.16. The molecule has 154 valence electrons. The predicted octanol–water partition coefficient (Wildman–Crippen LogP) is 5.22. The number of amides is 2. The molecule has 0 saturated heterocycles. The van der Waals surface area contributed by atoms with Gasteiger partial charge in [-0.1, -0.05) is 43.3 Å². The molecule has 2 amide bonds. The molecule has 0 bridgehead atoms. The van der Waals surface area contributed by atoms with E-state index >= 15 is 0 Å². The van der Waals surface area contributed by atoms with Crippen LogP contribution in [0.3, 0.4) is 0 Å². The van der Waals surface area contributed by atoms with Gasteiger partial charge in [0.25, 0.3) is 5.91 Å². The Morgan fingerprint density at radius 2 is 1.73 bits per heavy atom. The van der Waals surface area contributed by atoms with Crippen LogP contribution in [-0.4, -0.2) is 18.9 Å². The number of ether oxygens (including phenoxy) is 1. The van der Waals surface area contributed by atoms with Crippen molar-refractivity contribution in [3.8, 4) is 5.75 Å². The molecule has 0 saturated carbocycles. The normalized spacial score (nSPS) is 11.4. The zero-order valence-corrected chi connectivity index (χ0v) is 16.8. The highest BCUT2D eigenvalue weighted by Gasteiger charge is 2.14. The minimum atomic E-state index is -0.497. The fourth-order valence-electron chi connectivity index (χ4n) is 3.10. The summed E-state index contributed by atoms with van der Waals surface area (Å²) < 4.78 is 18.7. The smallest absolute Gasteiger partial charge is 0.255 e. The van der Waals surface area contributed by atoms with Gasteiger partial charge in [0.1, 0.15) is 11.6 Å². The van der Waals surface area contributed by atoms with Crippen LogP contribution in [0.2, 0.25) is 0 Å². The van der Waals surface area contributed by atoms with E-state index in [1.54, 1.807) is 18.2 Å². The number of methoxy groups -OCH3 is 1. The van der Waals surface area contributed by atoms with Gasteiger partial charge in [0.2, 0.25) is 5.91 Å². The molecule has 3 aromatic rings. The van der Waals surface area contributed by atoms with E-state index in [-0.39, 0.29) is 17.4 Å². The zero-order valence-electron chi connectivity index (χ0n) is 16.8. The molecule has 0 fully saturated rings. The van der Waals surface area contributed by atoms with Crippen molar-refractivity contribution in [2.45, 2.75) is 19.3 Å². The summed E-state index contributed by atoms with van der Waals surface area (Å²) in [5.74, 6) is -0.622. The highest BCUT2D eigenvalue weighted by Crippen LogP contribution is 2.29. The average molecular weight is 406 g/mol. The van der Waals surface area contributed by atoms with Crippen molar-refractivity contribution in [2.24, 2.45) is 0 Å². The van der Waals surface area contributed by atoms with Gasteiger partial charge in [-0.3, -0.25) is 9.59 Å². The van der Waals surface area contributed by atoms with Crippen LogP contribution in [0.15, 0.2) is 72.8 Å². The van der Waals surface area contributed by atoms with Crippen molar-refractivity contribution in [3.63, 3.8) is 0 Å². The number of carbonyl (C=O) groups excluding carboxylic acids is 2. The molecular weight excluding hydrogens is 383 g/mol. The molecule has 30 heavy (non-hydrogen) atoms. The van der Waals surface area contributed by atoms with Crippen LogP contribution in [0, 0.1) is 5.82 Å². The fourth-order valence-corrected chi connectivity index (χ4v) is 3.10. The van der Waals surface area contributed by atoms with Gasteiger partial charge >= 0.3 is 0 Å². The van der Waals surface area contributed by atoms with E-state index in [1.165, 1.54) is 25.3 Å². The van der Waals surface area contributed by atoms with Crippen LogP contribution in [0.25, 0.3) is 0 Å². The topological polar surface area (TPSA) is 67.4 Å². The predicted molar refractivity (Wildman–Crippen MR) is 115 cm³/mol. The third-order valence-corrected chi connectivity index (χ3v) is 4.68. The molecule has 0 spiro atoms. The van der Waals surface area contributed by atoms with E-state index < -0.39 is 11.7 Å². The second-order valence-corrected chi connectivity index (χ2v) is 6.94. The maximum absolute atomic E-state index is 13.4. The molecule has 5 nitrogen and oxygen atoms in total. The van der Waals surface area contributed by atoms with Crippen molar-refractivity contribution in [1.82, 2.24) is 0 Å². The molecule has 0 aromatic heterocycles. The molecule has 0 aliphatic rings. The maximum Gasteiger partial charge on any atom is 0.255 e. The summed E-state index contributed by atoms with van der Waals surface area (Å²) in [5.41, 5.74) is 2.17. The van der Waals surface area contributed by atoms with Crippen LogP contribution in [-0.2, 0) is 4.79 Å². The van der Waals surface area contributed by atoms with Gasteiger partial charge in [-0.15, -0.1) is 0 Å². The second kappa shape index (κ2) is 9.69.